The summed E-state index contributed by atoms with van der Waals surface area (Å²) in [6.07, 6.45) is 0.0817. The number of carbonyl (C=O) groups is 3. The summed E-state index contributed by atoms with van der Waals surface area (Å²) in [4.78, 5) is 37.2. The first-order valence-corrected chi connectivity index (χ1v) is 8.13. The number of nitrogens with zero attached hydrogens (tertiary/aromatic N) is 1. The van der Waals surface area contributed by atoms with E-state index in [9.17, 15) is 14.4 Å². The zero-order valence-corrected chi connectivity index (χ0v) is 14.5. The maximum Gasteiger partial charge on any atom is 0.256 e. The zero-order valence-electron chi connectivity index (χ0n) is 14.5. The number of rotatable bonds is 5. The largest absolute Gasteiger partial charge is 0.497 e. The Morgan fingerprint density at radius 2 is 1.65 bits per heavy atom. The molecule has 26 heavy (non-hydrogen) atoms. The van der Waals surface area contributed by atoms with Gasteiger partial charge >= 0.3 is 0 Å². The van der Waals surface area contributed by atoms with Crippen molar-refractivity contribution in [3.63, 3.8) is 0 Å². The Bertz CT molecular complexity index is 831. The van der Waals surface area contributed by atoms with Gasteiger partial charge in [0, 0.05) is 18.3 Å². The normalized spacial score (nSPS) is 16.5. The van der Waals surface area contributed by atoms with Crippen LogP contribution >= 0.6 is 0 Å². The first-order valence-electron chi connectivity index (χ1n) is 8.13. The maximum absolute atomic E-state index is 12.6. The lowest BCUT2D eigenvalue weighted by Crippen LogP contribution is -2.34. The van der Waals surface area contributed by atoms with Gasteiger partial charge in [0.2, 0.25) is 11.8 Å². The van der Waals surface area contributed by atoms with Gasteiger partial charge in [0.1, 0.15) is 11.8 Å². The molecule has 1 aliphatic heterocycles. The molecule has 0 unspecified atom stereocenters. The van der Waals surface area contributed by atoms with Gasteiger partial charge in [-0.05, 0) is 48.5 Å². The molecular formula is C19H19N3O4. The second kappa shape index (κ2) is 7.26. The highest BCUT2D eigenvalue weighted by Crippen LogP contribution is 2.27. The third-order valence-electron chi connectivity index (χ3n) is 4.02. The first-order chi connectivity index (χ1) is 12.5. The lowest BCUT2D eigenvalue weighted by atomic mass is 10.2. The fraction of sp³-hybridized carbons (Fsp3) is 0.211. The minimum Gasteiger partial charge on any atom is -0.497 e. The summed E-state index contributed by atoms with van der Waals surface area (Å²) in [5.74, 6) is -0.0576. The molecule has 1 saturated heterocycles. The van der Waals surface area contributed by atoms with E-state index in [2.05, 4.69) is 10.6 Å². The third kappa shape index (κ3) is 3.66. The van der Waals surface area contributed by atoms with Crippen molar-refractivity contribution in [1.29, 1.82) is 0 Å². The second-order valence-electron chi connectivity index (χ2n) is 5.92. The number of benzene rings is 2. The van der Waals surface area contributed by atoms with Gasteiger partial charge in [-0.25, -0.2) is 4.90 Å². The topological polar surface area (TPSA) is 87.7 Å². The summed E-state index contributed by atoms with van der Waals surface area (Å²) in [7, 11) is 1.55. The van der Waals surface area contributed by atoms with Crippen LogP contribution in [0.4, 0.5) is 17.1 Å². The summed E-state index contributed by atoms with van der Waals surface area (Å²) in [5, 5.41) is 5.75. The predicted molar refractivity (Wildman–Crippen MR) is 98.3 cm³/mol. The minimum atomic E-state index is -0.629. The number of hydrogen-bond acceptors (Lipinski definition) is 5. The van der Waals surface area contributed by atoms with Crippen molar-refractivity contribution < 1.29 is 19.1 Å². The van der Waals surface area contributed by atoms with Crippen molar-refractivity contribution in [2.45, 2.75) is 19.4 Å². The van der Waals surface area contributed by atoms with Crippen molar-refractivity contribution >= 4 is 34.8 Å². The van der Waals surface area contributed by atoms with Crippen LogP contribution in [0.5, 0.6) is 5.75 Å². The van der Waals surface area contributed by atoms with E-state index in [1.807, 2.05) is 0 Å². The van der Waals surface area contributed by atoms with Crippen LogP contribution in [0.2, 0.25) is 0 Å². The molecule has 7 nitrogen and oxygen atoms in total. The van der Waals surface area contributed by atoms with E-state index in [4.69, 9.17) is 4.74 Å². The standard InChI is InChI=1S/C19H19N3O4/c1-12(23)20-13-3-5-14(6-4-13)21-17-11-18(24)22(19(17)25)15-7-9-16(26-2)10-8-15/h3-10,17,21H,11H2,1-2H3,(H,20,23)/t17-/m0/s1. The average Bonchev–Trinajstić information content (AvgIpc) is 2.90. The Balaban J connectivity index is 1.71. The molecule has 1 heterocycles. The number of carbonyl (C=O) groups excluding carboxylic acids is 3. The number of amides is 3. The summed E-state index contributed by atoms with van der Waals surface area (Å²) in [5.41, 5.74) is 1.88. The highest BCUT2D eigenvalue weighted by Gasteiger charge is 2.39. The monoisotopic (exact) mass is 353 g/mol. The SMILES string of the molecule is COc1ccc(N2C(=O)C[C@H](Nc3ccc(NC(C)=O)cc3)C2=O)cc1. The Morgan fingerprint density at radius 3 is 2.23 bits per heavy atom. The summed E-state index contributed by atoms with van der Waals surface area (Å²) in [6, 6.07) is 13.1. The van der Waals surface area contributed by atoms with Crippen molar-refractivity contribution in [3.05, 3.63) is 48.5 Å². The Hall–Kier alpha value is -3.35. The third-order valence-corrected chi connectivity index (χ3v) is 4.02. The van der Waals surface area contributed by atoms with E-state index in [1.54, 1.807) is 55.6 Å². The Labute approximate surface area is 150 Å². The summed E-state index contributed by atoms with van der Waals surface area (Å²) >= 11 is 0. The minimum absolute atomic E-state index is 0.0817. The molecule has 3 rings (SSSR count). The van der Waals surface area contributed by atoms with Gasteiger partial charge in [-0.15, -0.1) is 0 Å². The van der Waals surface area contributed by atoms with E-state index in [1.165, 1.54) is 11.8 Å². The van der Waals surface area contributed by atoms with Gasteiger partial charge in [-0.3, -0.25) is 14.4 Å². The number of imide groups is 1. The first kappa shape index (κ1) is 17.5. The van der Waals surface area contributed by atoms with E-state index in [-0.39, 0.29) is 24.1 Å². The highest BCUT2D eigenvalue weighted by molar-refractivity contribution is 6.23. The Kier molecular flexibility index (Phi) is 4.88. The molecule has 0 aromatic heterocycles. The zero-order chi connectivity index (χ0) is 18.7. The molecule has 7 heteroatoms. The molecule has 0 saturated carbocycles. The quantitative estimate of drug-likeness (QED) is 0.806. The molecule has 0 aliphatic carbocycles. The molecule has 3 amide bonds. The predicted octanol–water partition coefficient (Wildman–Crippen LogP) is 2.40. The number of nitrogens with one attached hydrogen (secondary N) is 2. The van der Waals surface area contributed by atoms with Crippen LogP contribution in [-0.2, 0) is 14.4 Å². The number of anilines is 3. The van der Waals surface area contributed by atoms with Gasteiger partial charge in [0.15, 0.2) is 0 Å². The summed E-state index contributed by atoms with van der Waals surface area (Å²) < 4.78 is 5.09. The van der Waals surface area contributed by atoms with E-state index in [0.717, 1.165) is 0 Å². The molecule has 2 N–H and O–H groups in total. The molecule has 2 aromatic rings. The van der Waals surface area contributed by atoms with Gasteiger partial charge < -0.3 is 15.4 Å². The van der Waals surface area contributed by atoms with Gasteiger partial charge in [0.05, 0.1) is 19.2 Å². The average molecular weight is 353 g/mol. The fourth-order valence-corrected chi connectivity index (χ4v) is 2.80. The molecule has 0 spiro atoms. The lowest BCUT2D eigenvalue weighted by Gasteiger charge is -2.16. The van der Waals surface area contributed by atoms with Crippen molar-refractivity contribution in [1.82, 2.24) is 0 Å². The maximum atomic E-state index is 12.6. The number of hydrogen-bond donors (Lipinski definition) is 2. The molecule has 0 radical (unpaired) electrons. The molecular weight excluding hydrogens is 334 g/mol. The van der Waals surface area contributed by atoms with Crippen LogP contribution in [-0.4, -0.2) is 30.9 Å². The molecule has 1 aliphatic rings. The van der Waals surface area contributed by atoms with Gasteiger partial charge in [-0.1, -0.05) is 0 Å². The van der Waals surface area contributed by atoms with Crippen molar-refractivity contribution in [2.75, 3.05) is 22.6 Å². The molecule has 0 bridgehead atoms. The van der Waals surface area contributed by atoms with Crippen LogP contribution in [0.1, 0.15) is 13.3 Å². The number of ether oxygens (including phenoxy) is 1. The number of methoxy groups -OCH3 is 1. The van der Waals surface area contributed by atoms with Crippen LogP contribution in [0.3, 0.4) is 0 Å². The van der Waals surface area contributed by atoms with E-state index < -0.39 is 6.04 Å². The van der Waals surface area contributed by atoms with Crippen LogP contribution in [0.25, 0.3) is 0 Å². The van der Waals surface area contributed by atoms with E-state index in [0.29, 0.717) is 22.8 Å². The molecule has 1 atom stereocenters. The van der Waals surface area contributed by atoms with Crippen molar-refractivity contribution in [2.24, 2.45) is 0 Å². The van der Waals surface area contributed by atoms with E-state index >= 15 is 0 Å². The molecule has 134 valence electrons. The smallest absolute Gasteiger partial charge is 0.256 e. The van der Waals surface area contributed by atoms with Crippen LogP contribution in [0.15, 0.2) is 48.5 Å². The molecule has 1 fully saturated rings. The van der Waals surface area contributed by atoms with Gasteiger partial charge in [0.25, 0.3) is 5.91 Å². The van der Waals surface area contributed by atoms with Crippen molar-refractivity contribution in [3.8, 4) is 5.75 Å². The Morgan fingerprint density at radius 1 is 1.04 bits per heavy atom. The van der Waals surface area contributed by atoms with Gasteiger partial charge in [-0.2, -0.15) is 0 Å². The van der Waals surface area contributed by atoms with Crippen LogP contribution in [0, 0.1) is 0 Å². The lowest BCUT2D eigenvalue weighted by molar-refractivity contribution is -0.121. The fourth-order valence-electron chi connectivity index (χ4n) is 2.80. The molecule has 2 aromatic carbocycles. The second-order valence-corrected chi connectivity index (χ2v) is 5.92. The highest BCUT2D eigenvalue weighted by atomic mass is 16.5. The van der Waals surface area contributed by atoms with Crippen LogP contribution < -0.4 is 20.3 Å². The summed E-state index contributed by atoms with van der Waals surface area (Å²) in [6.45, 7) is 1.43.